The van der Waals surface area contributed by atoms with Crippen LogP contribution in [0.5, 0.6) is 0 Å². The van der Waals surface area contributed by atoms with Crippen molar-refractivity contribution in [3.8, 4) is 6.07 Å². The number of hydrogen-bond donors (Lipinski definition) is 1. The van der Waals surface area contributed by atoms with E-state index in [0.717, 1.165) is 5.69 Å². The quantitative estimate of drug-likeness (QED) is 0.872. The van der Waals surface area contributed by atoms with Gasteiger partial charge in [0.15, 0.2) is 0 Å². The van der Waals surface area contributed by atoms with Crippen LogP contribution in [-0.4, -0.2) is 18.3 Å². The van der Waals surface area contributed by atoms with Gasteiger partial charge in [-0.3, -0.25) is 0 Å². The summed E-state index contributed by atoms with van der Waals surface area (Å²) in [4.78, 5) is 2.00. The van der Waals surface area contributed by atoms with Crippen LogP contribution in [0.4, 0.5) is 5.69 Å². The molecule has 0 amide bonds. The van der Waals surface area contributed by atoms with Crippen LogP contribution < -0.4 is 4.90 Å². The van der Waals surface area contributed by atoms with E-state index in [1.54, 1.807) is 12.1 Å². The Morgan fingerprint density at radius 3 is 2.56 bits per heavy atom. The van der Waals surface area contributed by atoms with Gasteiger partial charge in [-0.2, -0.15) is 5.26 Å². The van der Waals surface area contributed by atoms with Gasteiger partial charge in [-0.25, -0.2) is 0 Å². The lowest BCUT2D eigenvalue weighted by molar-refractivity contribution is 0.300. The van der Waals surface area contributed by atoms with Crippen molar-refractivity contribution in [2.75, 3.05) is 18.1 Å². The van der Waals surface area contributed by atoms with E-state index in [4.69, 9.17) is 14.8 Å². The van der Waals surface area contributed by atoms with E-state index < -0.39 is 0 Å². The van der Waals surface area contributed by atoms with Crippen LogP contribution in [0.15, 0.2) is 46.9 Å². The molecule has 2 aromatic rings. The Morgan fingerprint density at radius 1 is 1.17 bits per heavy atom. The molecule has 0 aliphatic rings. The minimum atomic E-state index is 0.0701. The third kappa shape index (κ3) is 2.90. The summed E-state index contributed by atoms with van der Waals surface area (Å²) in [7, 11) is 0. The smallest absolute Gasteiger partial charge is 0.203 e. The lowest BCUT2D eigenvalue weighted by Gasteiger charge is -2.22. The fourth-order valence-corrected chi connectivity index (χ4v) is 1.77. The molecular weight excluding hydrogens is 228 g/mol. The topological polar surface area (TPSA) is 60.4 Å². The second kappa shape index (κ2) is 5.89. The standard InChI is InChI=1S/C14H14N2O2/c15-10-13-6-7-14(18-13)11-16(8-9-17)12-4-2-1-3-5-12/h1-7,17H,8-9,11H2. The van der Waals surface area contributed by atoms with Gasteiger partial charge < -0.3 is 14.4 Å². The van der Waals surface area contributed by atoms with Crippen molar-refractivity contribution in [1.29, 1.82) is 5.26 Å². The van der Waals surface area contributed by atoms with Gasteiger partial charge in [-0.15, -0.1) is 0 Å². The third-order valence-corrected chi connectivity index (χ3v) is 2.61. The van der Waals surface area contributed by atoms with E-state index in [-0.39, 0.29) is 6.61 Å². The second-order valence-electron chi connectivity index (χ2n) is 3.86. The van der Waals surface area contributed by atoms with Gasteiger partial charge in [-0.1, -0.05) is 18.2 Å². The van der Waals surface area contributed by atoms with Crippen molar-refractivity contribution in [2.45, 2.75) is 6.54 Å². The average Bonchev–Trinajstić information content (AvgIpc) is 2.87. The summed E-state index contributed by atoms with van der Waals surface area (Å²) in [5.41, 5.74) is 1.02. The fourth-order valence-electron chi connectivity index (χ4n) is 1.77. The summed E-state index contributed by atoms with van der Waals surface area (Å²) in [6.07, 6.45) is 0. The second-order valence-corrected chi connectivity index (χ2v) is 3.86. The molecule has 0 bridgehead atoms. The van der Waals surface area contributed by atoms with E-state index >= 15 is 0 Å². The Kier molecular flexibility index (Phi) is 4.00. The molecule has 1 aromatic carbocycles. The monoisotopic (exact) mass is 242 g/mol. The van der Waals surface area contributed by atoms with E-state index in [9.17, 15) is 0 Å². The number of rotatable bonds is 5. The number of nitrogens with zero attached hydrogens (tertiary/aromatic N) is 2. The molecule has 0 saturated heterocycles. The molecule has 0 spiro atoms. The molecule has 0 saturated carbocycles. The van der Waals surface area contributed by atoms with Crippen molar-refractivity contribution >= 4 is 5.69 Å². The van der Waals surface area contributed by atoms with E-state index in [2.05, 4.69) is 0 Å². The highest BCUT2D eigenvalue weighted by molar-refractivity contribution is 5.46. The first-order valence-corrected chi connectivity index (χ1v) is 5.73. The van der Waals surface area contributed by atoms with Crippen molar-refractivity contribution < 1.29 is 9.52 Å². The first-order valence-electron chi connectivity index (χ1n) is 5.73. The minimum absolute atomic E-state index is 0.0701. The Morgan fingerprint density at radius 2 is 1.94 bits per heavy atom. The Balaban J connectivity index is 2.14. The van der Waals surface area contributed by atoms with Gasteiger partial charge in [-0.05, 0) is 24.3 Å². The molecule has 0 radical (unpaired) electrons. The van der Waals surface area contributed by atoms with Crippen molar-refractivity contribution in [1.82, 2.24) is 0 Å². The van der Waals surface area contributed by atoms with E-state index in [0.29, 0.717) is 24.6 Å². The largest absolute Gasteiger partial charge is 0.449 e. The zero-order chi connectivity index (χ0) is 12.8. The maximum atomic E-state index is 9.10. The molecule has 18 heavy (non-hydrogen) atoms. The van der Waals surface area contributed by atoms with Crippen LogP contribution >= 0.6 is 0 Å². The van der Waals surface area contributed by atoms with E-state index in [1.807, 2.05) is 41.3 Å². The van der Waals surface area contributed by atoms with Crippen LogP contribution in [0.2, 0.25) is 0 Å². The first-order chi connectivity index (χ1) is 8.83. The van der Waals surface area contributed by atoms with Crippen molar-refractivity contribution in [3.63, 3.8) is 0 Å². The van der Waals surface area contributed by atoms with Crippen LogP contribution in [0, 0.1) is 11.3 Å². The summed E-state index contributed by atoms with van der Waals surface area (Å²) in [5, 5.41) is 17.8. The first kappa shape index (κ1) is 12.2. The maximum absolute atomic E-state index is 9.10. The number of benzene rings is 1. The Labute approximate surface area is 106 Å². The molecule has 1 N–H and O–H groups in total. The number of anilines is 1. The molecule has 2 rings (SSSR count). The van der Waals surface area contributed by atoms with Crippen molar-refractivity contribution in [2.24, 2.45) is 0 Å². The molecule has 0 fully saturated rings. The summed E-state index contributed by atoms with van der Waals surface area (Å²) < 4.78 is 5.35. The number of furan rings is 1. The number of para-hydroxylation sites is 1. The molecule has 0 aliphatic heterocycles. The summed E-state index contributed by atoms with van der Waals surface area (Å²) in [5.74, 6) is 1.02. The van der Waals surface area contributed by atoms with Gasteiger partial charge in [0.1, 0.15) is 11.8 Å². The number of nitriles is 1. The van der Waals surface area contributed by atoms with Gasteiger partial charge in [0.05, 0.1) is 13.2 Å². The molecular formula is C14H14N2O2. The average molecular weight is 242 g/mol. The fraction of sp³-hybridized carbons (Fsp3) is 0.214. The minimum Gasteiger partial charge on any atom is -0.449 e. The molecule has 4 nitrogen and oxygen atoms in total. The summed E-state index contributed by atoms with van der Waals surface area (Å²) in [6.45, 7) is 1.12. The highest BCUT2D eigenvalue weighted by atomic mass is 16.3. The zero-order valence-corrected chi connectivity index (χ0v) is 9.91. The van der Waals surface area contributed by atoms with Crippen molar-refractivity contribution in [3.05, 3.63) is 54.0 Å². The normalized spacial score (nSPS) is 10.0. The molecule has 92 valence electrons. The zero-order valence-electron chi connectivity index (χ0n) is 9.91. The lowest BCUT2D eigenvalue weighted by atomic mass is 10.2. The summed E-state index contributed by atoms with van der Waals surface area (Å²) >= 11 is 0. The molecule has 0 aliphatic carbocycles. The van der Waals surface area contributed by atoms with Gasteiger partial charge >= 0.3 is 0 Å². The van der Waals surface area contributed by atoms with Crippen LogP contribution in [0.3, 0.4) is 0 Å². The van der Waals surface area contributed by atoms with Gasteiger partial charge in [0.2, 0.25) is 5.76 Å². The van der Waals surface area contributed by atoms with Crippen LogP contribution in [-0.2, 0) is 6.54 Å². The Hall–Kier alpha value is -2.25. The summed E-state index contributed by atoms with van der Waals surface area (Å²) in [6, 6.07) is 15.2. The van der Waals surface area contributed by atoms with Crippen LogP contribution in [0.25, 0.3) is 0 Å². The lowest BCUT2D eigenvalue weighted by Crippen LogP contribution is -2.25. The third-order valence-electron chi connectivity index (χ3n) is 2.61. The molecule has 1 heterocycles. The number of aliphatic hydroxyl groups excluding tert-OH is 1. The predicted molar refractivity (Wildman–Crippen MR) is 68.0 cm³/mol. The maximum Gasteiger partial charge on any atom is 0.203 e. The molecule has 0 unspecified atom stereocenters. The Bertz CT molecular complexity index is 528. The van der Waals surface area contributed by atoms with Gasteiger partial charge in [0.25, 0.3) is 0 Å². The SMILES string of the molecule is N#Cc1ccc(CN(CCO)c2ccccc2)o1. The molecule has 1 aromatic heterocycles. The number of hydrogen-bond acceptors (Lipinski definition) is 4. The highest BCUT2D eigenvalue weighted by Crippen LogP contribution is 2.17. The number of aliphatic hydroxyl groups is 1. The van der Waals surface area contributed by atoms with E-state index in [1.165, 1.54) is 0 Å². The van der Waals surface area contributed by atoms with Crippen LogP contribution in [0.1, 0.15) is 11.5 Å². The highest BCUT2D eigenvalue weighted by Gasteiger charge is 2.09. The molecule has 0 atom stereocenters. The predicted octanol–water partition coefficient (Wildman–Crippen LogP) is 2.15. The van der Waals surface area contributed by atoms with Gasteiger partial charge in [0, 0.05) is 12.2 Å². The molecule has 4 heteroatoms.